The molecule has 0 saturated heterocycles. The Morgan fingerprint density at radius 2 is 1.95 bits per heavy atom. The van der Waals surface area contributed by atoms with Gasteiger partial charge in [-0.2, -0.15) is 0 Å². The van der Waals surface area contributed by atoms with Gasteiger partial charge in [0.15, 0.2) is 0 Å². The van der Waals surface area contributed by atoms with Crippen LogP contribution in [0.3, 0.4) is 0 Å². The van der Waals surface area contributed by atoms with Crippen molar-refractivity contribution in [2.75, 3.05) is 7.11 Å². The summed E-state index contributed by atoms with van der Waals surface area (Å²) in [6, 6.07) is 11.4. The number of aromatic amines is 1. The minimum absolute atomic E-state index is 0.0852. The topological polar surface area (TPSA) is 47.1 Å². The van der Waals surface area contributed by atoms with E-state index in [1.165, 1.54) is 0 Å². The van der Waals surface area contributed by atoms with Crippen LogP contribution in [0.15, 0.2) is 36.4 Å². The maximum absolute atomic E-state index is 6.28. The van der Waals surface area contributed by atoms with E-state index in [2.05, 4.69) is 9.97 Å². The van der Waals surface area contributed by atoms with Crippen LogP contribution in [0.5, 0.6) is 11.5 Å². The van der Waals surface area contributed by atoms with E-state index >= 15 is 0 Å². The second-order valence-corrected chi connectivity index (χ2v) is 5.69. The lowest BCUT2D eigenvalue weighted by molar-refractivity contribution is 0.242. The molecule has 3 rings (SSSR count). The number of hydrogen-bond donors (Lipinski definition) is 1. The highest BCUT2D eigenvalue weighted by Crippen LogP contribution is 2.31. The second-order valence-electron chi connectivity index (χ2n) is 5.28. The van der Waals surface area contributed by atoms with Gasteiger partial charge in [0.1, 0.15) is 17.3 Å². The number of nitrogens with zero attached hydrogens (tertiary/aromatic N) is 1. The Hall–Kier alpha value is -2.20. The van der Waals surface area contributed by atoms with Crippen molar-refractivity contribution in [1.29, 1.82) is 0 Å². The highest BCUT2D eigenvalue weighted by molar-refractivity contribution is 6.32. The zero-order chi connectivity index (χ0) is 15.7. The predicted octanol–water partition coefficient (Wildman–Crippen LogP) is 4.68. The molecule has 1 N–H and O–H groups in total. The Balaban J connectivity index is 1.98. The summed E-state index contributed by atoms with van der Waals surface area (Å²) in [5.74, 6) is 2.24. The van der Waals surface area contributed by atoms with Gasteiger partial charge in [0.25, 0.3) is 0 Å². The SMILES string of the molecule is COc1ccc2nc(-c3ccc(OC(C)C)c(Cl)c3)[nH]c2c1. The Morgan fingerprint density at radius 3 is 2.64 bits per heavy atom. The largest absolute Gasteiger partial charge is 0.497 e. The highest BCUT2D eigenvalue weighted by atomic mass is 35.5. The summed E-state index contributed by atoms with van der Waals surface area (Å²) in [5.41, 5.74) is 2.72. The van der Waals surface area contributed by atoms with Gasteiger partial charge in [-0.1, -0.05) is 11.6 Å². The second kappa shape index (κ2) is 5.89. The normalized spacial score (nSPS) is 11.1. The van der Waals surface area contributed by atoms with Crippen molar-refractivity contribution in [2.45, 2.75) is 20.0 Å². The Bertz CT molecular complexity index is 812. The van der Waals surface area contributed by atoms with E-state index in [0.717, 1.165) is 28.2 Å². The minimum atomic E-state index is 0.0852. The zero-order valence-corrected chi connectivity index (χ0v) is 13.4. The molecule has 22 heavy (non-hydrogen) atoms. The summed E-state index contributed by atoms with van der Waals surface area (Å²) in [4.78, 5) is 7.86. The molecule has 0 aliphatic carbocycles. The molecule has 5 heteroatoms. The number of fused-ring (bicyclic) bond motifs is 1. The monoisotopic (exact) mass is 316 g/mol. The third kappa shape index (κ3) is 2.88. The van der Waals surface area contributed by atoms with Crippen LogP contribution in [0, 0.1) is 0 Å². The lowest BCUT2D eigenvalue weighted by Crippen LogP contribution is -2.05. The van der Waals surface area contributed by atoms with Crippen molar-refractivity contribution in [3.8, 4) is 22.9 Å². The van der Waals surface area contributed by atoms with Gasteiger partial charge in [0.05, 0.1) is 29.3 Å². The molecule has 0 spiro atoms. The number of ether oxygens (including phenoxy) is 2. The van der Waals surface area contributed by atoms with E-state index in [1.54, 1.807) is 7.11 Å². The first kappa shape index (κ1) is 14.7. The van der Waals surface area contributed by atoms with Crippen molar-refractivity contribution in [3.05, 3.63) is 41.4 Å². The molecule has 2 aromatic carbocycles. The maximum Gasteiger partial charge on any atom is 0.138 e. The molecule has 0 saturated carbocycles. The number of nitrogens with one attached hydrogen (secondary N) is 1. The van der Waals surface area contributed by atoms with Gasteiger partial charge >= 0.3 is 0 Å². The van der Waals surface area contributed by atoms with E-state index in [4.69, 9.17) is 21.1 Å². The fourth-order valence-electron chi connectivity index (χ4n) is 2.25. The summed E-state index contributed by atoms with van der Waals surface area (Å²) < 4.78 is 10.9. The molecule has 1 aromatic heterocycles. The number of imidazole rings is 1. The van der Waals surface area contributed by atoms with Gasteiger partial charge in [-0.25, -0.2) is 4.98 Å². The number of methoxy groups -OCH3 is 1. The minimum Gasteiger partial charge on any atom is -0.497 e. The lowest BCUT2D eigenvalue weighted by Gasteiger charge is -2.11. The fourth-order valence-corrected chi connectivity index (χ4v) is 2.48. The van der Waals surface area contributed by atoms with Crippen LogP contribution in [0.1, 0.15) is 13.8 Å². The molecule has 3 aromatic rings. The van der Waals surface area contributed by atoms with Crippen LogP contribution >= 0.6 is 11.6 Å². The van der Waals surface area contributed by atoms with Crippen molar-refractivity contribution in [1.82, 2.24) is 9.97 Å². The number of rotatable bonds is 4. The van der Waals surface area contributed by atoms with Gasteiger partial charge in [-0.15, -0.1) is 0 Å². The molecule has 0 amide bonds. The van der Waals surface area contributed by atoms with E-state index in [1.807, 2.05) is 50.2 Å². The third-order valence-electron chi connectivity index (χ3n) is 3.26. The quantitative estimate of drug-likeness (QED) is 0.760. The van der Waals surface area contributed by atoms with Crippen molar-refractivity contribution >= 4 is 22.6 Å². The van der Waals surface area contributed by atoms with E-state index in [0.29, 0.717) is 10.8 Å². The van der Waals surface area contributed by atoms with E-state index in [9.17, 15) is 0 Å². The standard InChI is InChI=1S/C17H17ClN2O2/c1-10(2)22-16-7-4-11(8-13(16)18)17-19-14-6-5-12(21-3)9-15(14)20-17/h4-10H,1-3H3,(H,19,20). The molecule has 0 aliphatic rings. The molecule has 0 radical (unpaired) electrons. The molecule has 0 unspecified atom stereocenters. The van der Waals surface area contributed by atoms with E-state index in [-0.39, 0.29) is 6.10 Å². The lowest BCUT2D eigenvalue weighted by atomic mass is 10.2. The average Bonchev–Trinajstić information content (AvgIpc) is 2.91. The fraction of sp³-hybridized carbons (Fsp3) is 0.235. The Kier molecular flexibility index (Phi) is 3.94. The van der Waals surface area contributed by atoms with E-state index < -0.39 is 0 Å². The first-order valence-corrected chi connectivity index (χ1v) is 7.45. The van der Waals surface area contributed by atoms with Crippen molar-refractivity contribution in [2.24, 2.45) is 0 Å². The number of hydrogen-bond acceptors (Lipinski definition) is 3. The summed E-state index contributed by atoms with van der Waals surface area (Å²) in [5, 5.41) is 0.573. The molecule has 0 atom stereocenters. The van der Waals surface area contributed by atoms with Crippen LogP contribution in [0.4, 0.5) is 0 Å². The van der Waals surface area contributed by atoms with Gasteiger partial charge in [-0.05, 0) is 44.2 Å². The first-order valence-electron chi connectivity index (χ1n) is 7.07. The van der Waals surface area contributed by atoms with Gasteiger partial charge in [0, 0.05) is 11.6 Å². The number of halogens is 1. The molecule has 114 valence electrons. The van der Waals surface area contributed by atoms with Gasteiger partial charge in [0.2, 0.25) is 0 Å². The van der Waals surface area contributed by atoms with Crippen LogP contribution in [0.2, 0.25) is 5.02 Å². The smallest absolute Gasteiger partial charge is 0.138 e. The average molecular weight is 317 g/mol. The van der Waals surface area contributed by atoms with Crippen LogP contribution < -0.4 is 9.47 Å². The molecule has 0 fully saturated rings. The highest BCUT2D eigenvalue weighted by Gasteiger charge is 2.10. The third-order valence-corrected chi connectivity index (χ3v) is 3.55. The first-order chi connectivity index (χ1) is 10.6. The zero-order valence-electron chi connectivity index (χ0n) is 12.7. The van der Waals surface area contributed by atoms with Crippen LogP contribution in [-0.4, -0.2) is 23.2 Å². The van der Waals surface area contributed by atoms with Crippen LogP contribution in [-0.2, 0) is 0 Å². The Labute approximate surface area is 134 Å². The molecular weight excluding hydrogens is 300 g/mol. The molecule has 4 nitrogen and oxygen atoms in total. The summed E-state index contributed by atoms with van der Waals surface area (Å²) in [6.07, 6.45) is 0.0852. The number of H-pyrrole nitrogens is 1. The van der Waals surface area contributed by atoms with Gasteiger partial charge in [-0.3, -0.25) is 0 Å². The number of aromatic nitrogens is 2. The van der Waals surface area contributed by atoms with Gasteiger partial charge < -0.3 is 14.5 Å². The summed E-state index contributed by atoms with van der Waals surface area (Å²) in [6.45, 7) is 3.94. The molecule has 0 aliphatic heterocycles. The summed E-state index contributed by atoms with van der Waals surface area (Å²) in [7, 11) is 1.64. The molecule has 0 bridgehead atoms. The molecular formula is C17H17ClN2O2. The van der Waals surface area contributed by atoms with Crippen molar-refractivity contribution in [3.63, 3.8) is 0 Å². The summed E-state index contributed by atoms with van der Waals surface area (Å²) >= 11 is 6.28. The molecule has 1 heterocycles. The van der Waals surface area contributed by atoms with Crippen LogP contribution in [0.25, 0.3) is 22.4 Å². The maximum atomic E-state index is 6.28. The van der Waals surface area contributed by atoms with Crippen molar-refractivity contribution < 1.29 is 9.47 Å². The predicted molar refractivity (Wildman–Crippen MR) is 88.9 cm³/mol. The Morgan fingerprint density at radius 1 is 1.14 bits per heavy atom. The number of benzene rings is 2.